The molecule has 0 spiro atoms. The lowest BCUT2D eigenvalue weighted by Crippen LogP contribution is -1.94. The van der Waals surface area contributed by atoms with E-state index in [1.165, 1.54) is 0 Å². The highest BCUT2D eigenvalue weighted by Crippen LogP contribution is 2.27. The Morgan fingerprint density at radius 2 is 1.35 bits per heavy atom. The normalized spacial score (nSPS) is 10.0. The van der Waals surface area contributed by atoms with Crippen molar-refractivity contribution in [3.05, 3.63) is 65.7 Å². The molecule has 120 valence electrons. The van der Waals surface area contributed by atoms with Crippen molar-refractivity contribution in [3.8, 4) is 11.5 Å². The van der Waals surface area contributed by atoms with Gasteiger partial charge < -0.3 is 14.6 Å². The van der Waals surface area contributed by atoms with Crippen LogP contribution in [0.4, 0.5) is 0 Å². The molecule has 0 heterocycles. The topological polar surface area (TPSA) is 55.8 Å². The van der Waals surface area contributed by atoms with Crippen molar-refractivity contribution in [2.45, 2.75) is 12.8 Å². The number of aliphatic carboxylic acids is 1. The summed E-state index contributed by atoms with van der Waals surface area (Å²) in [6.07, 6.45) is 2.54. The largest absolute Gasteiger partial charge is 0.497 e. The molecule has 2 aromatic rings. The highest BCUT2D eigenvalue weighted by Gasteiger charge is 2.07. The molecule has 0 radical (unpaired) electrons. The van der Waals surface area contributed by atoms with Gasteiger partial charge in [0.25, 0.3) is 0 Å². The Balaban J connectivity index is 2.34. The molecule has 2 rings (SSSR count). The molecule has 2 aromatic carbocycles. The third-order valence-electron chi connectivity index (χ3n) is 3.51. The van der Waals surface area contributed by atoms with E-state index in [1.807, 2.05) is 54.6 Å². The molecule has 4 nitrogen and oxygen atoms in total. The van der Waals surface area contributed by atoms with Crippen molar-refractivity contribution in [1.82, 2.24) is 0 Å². The third kappa shape index (κ3) is 4.61. The molecule has 0 saturated carbocycles. The summed E-state index contributed by atoms with van der Waals surface area (Å²) in [7, 11) is 3.25. The average molecular weight is 312 g/mol. The van der Waals surface area contributed by atoms with Crippen LogP contribution in [-0.4, -0.2) is 25.3 Å². The highest BCUT2D eigenvalue weighted by atomic mass is 16.5. The van der Waals surface area contributed by atoms with Crippen LogP contribution in [0, 0.1) is 0 Å². The fourth-order valence-electron chi connectivity index (χ4n) is 2.28. The minimum absolute atomic E-state index is 0.107. The second-order valence-corrected chi connectivity index (χ2v) is 5.01. The monoisotopic (exact) mass is 312 g/mol. The molecule has 0 fully saturated rings. The van der Waals surface area contributed by atoms with Gasteiger partial charge in [-0.15, -0.1) is 0 Å². The lowest BCUT2D eigenvalue weighted by atomic mass is 9.96. The predicted octanol–water partition coefficient (Wildman–Crippen LogP) is 4.00. The van der Waals surface area contributed by atoms with Crippen LogP contribution in [0.2, 0.25) is 0 Å². The molecular weight excluding hydrogens is 292 g/mol. The van der Waals surface area contributed by atoms with Crippen LogP contribution in [0.25, 0.3) is 5.57 Å². The van der Waals surface area contributed by atoms with Crippen molar-refractivity contribution in [2.24, 2.45) is 0 Å². The molecule has 23 heavy (non-hydrogen) atoms. The molecule has 0 saturated heterocycles. The van der Waals surface area contributed by atoms with E-state index in [2.05, 4.69) is 0 Å². The molecule has 4 heteroatoms. The summed E-state index contributed by atoms with van der Waals surface area (Å²) in [6, 6.07) is 15.4. The second kappa shape index (κ2) is 8.03. The molecule has 0 amide bonds. The van der Waals surface area contributed by atoms with Crippen LogP contribution >= 0.6 is 0 Å². The Labute approximate surface area is 136 Å². The van der Waals surface area contributed by atoms with Gasteiger partial charge in [-0.3, -0.25) is 4.79 Å². The molecule has 0 aromatic heterocycles. The Kier molecular flexibility index (Phi) is 5.80. The van der Waals surface area contributed by atoms with E-state index in [0.717, 1.165) is 28.2 Å². The maximum Gasteiger partial charge on any atom is 0.303 e. The summed E-state index contributed by atoms with van der Waals surface area (Å²) in [4.78, 5) is 10.8. The van der Waals surface area contributed by atoms with Gasteiger partial charge in [0.2, 0.25) is 0 Å². The highest BCUT2D eigenvalue weighted by molar-refractivity contribution is 5.80. The van der Waals surface area contributed by atoms with E-state index < -0.39 is 5.97 Å². The van der Waals surface area contributed by atoms with Crippen molar-refractivity contribution < 1.29 is 19.4 Å². The summed E-state index contributed by atoms with van der Waals surface area (Å²) in [5.74, 6) is 0.770. The van der Waals surface area contributed by atoms with Crippen molar-refractivity contribution >= 4 is 11.5 Å². The fraction of sp³-hybridized carbons (Fsp3) is 0.211. The molecular formula is C19H20O4. The molecule has 0 atom stereocenters. The number of methoxy groups -OCH3 is 2. The van der Waals surface area contributed by atoms with Gasteiger partial charge >= 0.3 is 5.97 Å². The Bertz CT molecular complexity index is 620. The SMILES string of the molecule is COc1ccc(C(=CCCC(=O)O)c2ccc(OC)cc2)cc1. The number of benzene rings is 2. The van der Waals surface area contributed by atoms with Gasteiger partial charge in [0, 0.05) is 6.42 Å². The molecule has 0 aliphatic carbocycles. The van der Waals surface area contributed by atoms with Crippen LogP contribution < -0.4 is 9.47 Å². The van der Waals surface area contributed by atoms with Gasteiger partial charge in [0.05, 0.1) is 14.2 Å². The third-order valence-corrected chi connectivity index (χ3v) is 3.51. The fourth-order valence-corrected chi connectivity index (χ4v) is 2.28. The van der Waals surface area contributed by atoms with E-state index in [0.29, 0.717) is 6.42 Å². The van der Waals surface area contributed by atoms with E-state index >= 15 is 0 Å². The zero-order valence-corrected chi connectivity index (χ0v) is 13.3. The molecule has 0 aliphatic rings. The summed E-state index contributed by atoms with van der Waals surface area (Å²) < 4.78 is 10.4. The van der Waals surface area contributed by atoms with Crippen LogP contribution in [0.5, 0.6) is 11.5 Å². The predicted molar refractivity (Wildman–Crippen MR) is 89.9 cm³/mol. The number of hydrogen-bond acceptors (Lipinski definition) is 3. The maximum atomic E-state index is 10.8. The summed E-state index contributed by atoms with van der Waals surface area (Å²) in [5, 5.41) is 8.84. The van der Waals surface area contributed by atoms with E-state index in [4.69, 9.17) is 14.6 Å². The first-order valence-corrected chi connectivity index (χ1v) is 7.35. The van der Waals surface area contributed by atoms with Crippen LogP contribution in [0.3, 0.4) is 0 Å². The lowest BCUT2D eigenvalue weighted by molar-refractivity contribution is -0.136. The van der Waals surface area contributed by atoms with E-state index in [9.17, 15) is 4.79 Å². The first-order chi connectivity index (χ1) is 11.1. The number of carboxylic acids is 1. The van der Waals surface area contributed by atoms with Gasteiger partial charge in [-0.05, 0) is 47.4 Å². The summed E-state index contributed by atoms with van der Waals surface area (Å²) >= 11 is 0. The number of hydrogen-bond donors (Lipinski definition) is 1. The van der Waals surface area contributed by atoms with Crippen molar-refractivity contribution in [2.75, 3.05) is 14.2 Å². The van der Waals surface area contributed by atoms with E-state index in [1.54, 1.807) is 14.2 Å². The zero-order chi connectivity index (χ0) is 16.7. The standard InChI is InChI=1S/C19H20O4/c1-22-16-10-6-14(7-11-16)18(4-3-5-19(20)21)15-8-12-17(23-2)13-9-15/h4,6-13H,3,5H2,1-2H3,(H,20,21). The van der Waals surface area contributed by atoms with Gasteiger partial charge in [0.15, 0.2) is 0 Å². The first kappa shape index (κ1) is 16.6. The second-order valence-electron chi connectivity index (χ2n) is 5.01. The smallest absolute Gasteiger partial charge is 0.303 e. The minimum atomic E-state index is -0.801. The van der Waals surface area contributed by atoms with Crippen molar-refractivity contribution in [3.63, 3.8) is 0 Å². The Morgan fingerprint density at radius 1 is 0.913 bits per heavy atom. The van der Waals surface area contributed by atoms with Gasteiger partial charge in [-0.25, -0.2) is 0 Å². The van der Waals surface area contributed by atoms with Gasteiger partial charge in [-0.1, -0.05) is 30.3 Å². The lowest BCUT2D eigenvalue weighted by Gasteiger charge is -2.10. The molecule has 0 unspecified atom stereocenters. The van der Waals surface area contributed by atoms with E-state index in [-0.39, 0.29) is 6.42 Å². The maximum absolute atomic E-state index is 10.8. The Hall–Kier alpha value is -2.75. The Morgan fingerprint density at radius 3 is 1.70 bits per heavy atom. The first-order valence-electron chi connectivity index (χ1n) is 7.35. The van der Waals surface area contributed by atoms with Crippen molar-refractivity contribution in [1.29, 1.82) is 0 Å². The number of allylic oxidation sites excluding steroid dienone is 1. The van der Waals surface area contributed by atoms with Crippen LogP contribution in [0.1, 0.15) is 24.0 Å². The molecule has 0 aliphatic heterocycles. The van der Waals surface area contributed by atoms with Gasteiger partial charge in [-0.2, -0.15) is 0 Å². The number of carbonyl (C=O) groups is 1. The summed E-state index contributed by atoms with van der Waals surface area (Å²) in [6.45, 7) is 0. The van der Waals surface area contributed by atoms with Crippen LogP contribution in [0.15, 0.2) is 54.6 Å². The molecule has 0 bridgehead atoms. The summed E-state index contributed by atoms with van der Waals surface area (Å²) in [5.41, 5.74) is 3.03. The minimum Gasteiger partial charge on any atom is -0.497 e. The number of carboxylic acid groups (broad SMARTS) is 1. The van der Waals surface area contributed by atoms with Gasteiger partial charge in [0.1, 0.15) is 11.5 Å². The van der Waals surface area contributed by atoms with Crippen LogP contribution in [-0.2, 0) is 4.79 Å². The number of rotatable bonds is 7. The molecule has 1 N–H and O–H groups in total. The zero-order valence-electron chi connectivity index (χ0n) is 13.3. The quantitative estimate of drug-likeness (QED) is 0.839. The average Bonchev–Trinajstić information content (AvgIpc) is 2.59. The number of ether oxygens (including phenoxy) is 2.